The van der Waals surface area contributed by atoms with E-state index in [4.69, 9.17) is 5.11 Å². The first kappa shape index (κ1) is 16.7. The van der Waals surface area contributed by atoms with Gasteiger partial charge in [-0.05, 0) is 63.9 Å². The number of aromatic nitrogens is 2. The molecule has 6 nitrogen and oxygen atoms in total. The quantitative estimate of drug-likeness (QED) is 0.907. The lowest BCUT2D eigenvalue weighted by atomic mass is 10.1. The second kappa shape index (κ2) is 5.87. The largest absolute Gasteiger partial charge is 0.480 e. The average molecular weight is 315 g/mol. The number of carboxylic acid groups (broad SMARTS) is 1. The Morgan fingerprint density at radius 3 is 2.17 bits per heavy atom. The fraction of sp³-hybridized carbons (Fsp3) is 0.353. The molecule has 6 heteroatoms. The van der Waals surface area contributed by atoms with Crippen molar-refractivity contribution < 1.29 is 14.7 Å². The van der Waals surface area contributed by atoms with E-state index in [-0.39, 0.29) is 5.69 Å². The van der Waals surface area contributed by atoms with Crippen molar-refractivity contribution in [3.8, 4) is 5.69 Å². The van der Waals surface area contributed by atoms with Crippen molar-refractivity contribution in [1.29, 1.82) is 0 Å². The highest BCUT2D eigenvalue weighted by molar-refractivity contribution is 5.96. The molecule has 0 saturated carbocycles. The summed E-state index contributed by atoms with van der Waals surface area (Å²) in [7, 11) is 0. The number of carbonyl (C=O) groups is 2. The van der Waals surface area contributed by atoms with Crippen LogP contribution in [0.2, 0.25) is 0 Å². The molecule has 122 valence electrons. The van der Waals surface area contributed by atoms with Crippen molar-refractivity contribution in [2.45, 2.75) is 40.2 Å². The maximum atomic E-state index is 12.2. The van der Waals surface area contributed by atoms with Gasteiger partial charge in [-0.2, -0.15) is 5.10 Å². The van der Waals surface area contributed by atoms with Gasteiger partial charge in [0.2, 0.25) is 0 Å². The van der Waals surface area contributed by atoms with Crippen molar-refractivity contribution >= 4 is 11.9 Å². The Kier molecular flexibility index (Phi) is 4.27. The monoisotopic (exact) mass is 315 g/mol. The minimum absolute atomic E-state index is 0.191. The molecular formula is C17H21N3O3. The van der Waals surface area contributed by atoms with Gasteiger partial charge in [0.15, 0.2) is 5.69 Å². The number of rotatable bonds is 4. The van der Waals surface area contributed by atoms with E-state index < -0.39 is 17.4 Å². The van der Waals surface area contributed by atoms with E-state index in [0.717, 1.165) is 22.5 Å². The van der Waals surface area contributed by atoms with E-state index in [1.165, 1.54) is 13.8 Å². The summed E-state index contributed by atoms with van der Waals surface area (Å²) < 4.78 is 1.68. The average Bonchev–Trinajstić information content (AvgIpc) is 2.79. The Morgan fingerprint density at radius 1 is 1.09 bits per heavy atom. The van der Waals surface area contributed by atoms with Crippen LogP contribution in [-0.4, -0.2) is 32.3 Å². The number of hydrogen-bond donors (Lipinski definition) is 2. The van der Waals surface area contributed by atoms with E-state index in [1.807, 2.05) is 32.9 Å². The Morgan fingerprint density at radius 2 is 1.65 bits per heavy atom. The smallest absolute Gasteiger partial charge is 0.328 e. The van der Waals surface area contributed by atoms with Crippen LogP contribution in [-0.2, 0) is 4.79 Å². The van der Waals surface area contributed by atoms with Crippen LogP contribution in [0.25, 0.3) is 5.69 Å². The van der Waals surface area contributed by atoms with Crippen molar-refractivity contribution in [2.24, 2.45) is 0 Å². The first-order valence-corrected chi connectivity index (χ1v) is 7.31. The zero-order valence-electron chi connectivity index (χ0n) is 14.0. The molecule has 1 heterocycles. The second-order valence-electron chi connectivity index (χ2n) is 6.31. The fourth-order valence-corrected chi connectivity index (χ4v) is 2.32. The summed E-state index contributed by atoms with van der Waals surface area (Å²) >= 11 is 0. The molecule has 23 heavy (non-hydrogen) atoms. The van der Waals surface area contributed by atoms with Gasteiger partial charge >= 0.3 is 5.97 Å². The molecule has 0 aliphatic carbocycles. The van der Waals surface area contributed by atoms with Crippen molar-refractivity contribution in [3.05, 3.63) is 46.8 Å². The first-order chi connectivity index (χ1) is 10.6. The Labute approximate surface area is 135 Å². The lowest BCUT2D eigenvalue weighted by molar-refractivity contribution is -0.143. The molecule has 0 radical (unpaired) electrons. The molecule has 2 N–H and O–H groups in total. The molecule has 1 amide bonds. The fourth-order valence-electron chi connectivity index (χ4n) is 2.32. The summed E-state index contributed by atoms with van der Waals surface area (Å²) in [4.78, 5) is 23.4. The molecule has 0 fully saturated rings. The molecule has 1 aromatic heterocycles. The number of carbonyl (C=O) groups excluding carboxylic acids is 1. The first-order valence-electron chi connectivity index (χ1n) is 7.31. The van der Waals surface area contributed by atoms with Crippen LogP contribution in [0.4, 0.5) is 0 Å². The minimum Gasteiger partial charge on any atom is -0.480 e. The molecule has 0 aliphatic heterocycles. The highest BCUT2D eigenvalue weighted by atomic mass is 16.4. The third-order valence-electron chi connectivity index (χ3n) is 3.53. The maximum absolute atomic E-state index is 12.2. The van der Waals surface area contributed by atoms with Gasteiger partial charge in [-0.15, -0.1) is 0 Å². The Bertz CT molecular complexity index is 755. The van der Waals surface area contributed by atoms with Crippen LogP contribution in [0.15, 0.2) is 24.3 Å². The molecule has 2 rings (SSSR count). The van der Waals surface area contributed by atoms with Gasteiger partial charge in [-0.1, -0.05) is 6.07 Å². The van der Waals surface area contributed by atoms with E-state index in [1.54, 1.807) is 10.7 Å². The number of nitrogens with one attached hydrogen (secondary N) is 1. The van der Waals surface area contributed by atoms with Gasteiger partial charge in [-0.25, -0.2) is 9.48 Å². The number of hydrogen-bond acceptors (Lipinski definition) is 3. The van der Waals surface area contributed by atoms with E-state index in [2.05, 4.69) is 16.5 Å². The maximum Gasteiger partial charge on any atom is 0.328 e. The summed E-state index contributed by atoms with van der Waals surface area (Å²) in [6, 6.07) is 7.67. The lowest BCUT2D eigenvalue weighted by Crippen LogP contribution is -2.49. The molecule has 0 bridgehead atoms. The highest BCUT2D eigenvalue weighted by Crippen LogP contribution is 2.16. The summed E-state index contributed by atoms with van der Waals surface area (Å²) in [5.41, 5.74) is 2.72. The summed E-state index contributed by atoms with van der Waals surface area (Å²) in [5, 5.41) is 15.9. The van der Waals surface area contributed by atoms with E-state index in [9.17, 15) is 9.59 Å². The van der Waals surface area contributed by atoms with Crippen LogP contribution in [0, 0.1) is 20.8 Å². The number of aryl methyl sites for hydroxylation is 3. The van der Waals surface area contributed by atoms with E-state index >= 15 is 0 Å². The number of benzene rings is 1. The molecule has 0 saturated heterocycles. The standard InChI is InChI=1S/C17H21N3O3/c1-10-6-11(2)8-13(7-10)20-12(3)9-14(19-20)15(21)18-17(4,5)16(22)23/h6-9H,1-5H3,(H,18,21)(H,22,23). The van der Waals surface area contributed by atoms with Gasteiger partial charge in [0, 0.05) is 5.69 Å². The molecule has 0 unspecified atom stereocenters. The third-order valence-corrected chi connectivity index (χ3v) is 3.53. The van der Waals surface area contributed by atoms with Crippen molar-refractivity contribution in [3.63, 3.8) is 0 Å². The Hall–Kier alpha value is -2.63. The van der Waals surface area contributed by atoms with Gasteiger partial charge < -0.3 is 10.4 Å². The van der Waals surface area contributed by atoms with Crippen LogP contribution in [0.1, 0.15) is 41.2 Å². The number of carboxylic acids is 1. The highest BCUT2D eigenvalue weighted by Gasteiger charge is 2.30. The zero-order valence-corrected chi connectivity index (χ0v) is 14.0. The molecular weight excluding hydrogens is 294 g/mol. The van der Waals surface area contributed by atoms with Gasteiger partial charge in [0.1, 0.15) is 5.54 Å². The minimum atomic E-state index is -1.35. The van der Waals surface area contributed by atoms with Crippen molar-refractivity contribution in [2.75, 3.05) is 0 Å². The lowest BCUT2D eigenvalue weighted by Gasteiger charge is -2.20. The van der Waals surface area contributed by atoms with E-state index in [0.29, 0.717) is 0 Å². The van der Waals surface area contributed by atoms with Crippen LogP contribution in [0.3, 0.4) is 0 Å². The summed E-state index contributed by atoms with van der Waals surface area (Å²) in [6.45, 7) is 8.71. The summed E-state index contributed by atoms with van der Waals surface area (Å²) in [6.07, 6.45) is 0. The molecule has 0 atom stereocenters. The second-order valence-corrected chi connectivity index (χ2v) is 6.31. The van der Waals surface area contributed by atoms with Crippen LogP contribution in [0.5, 0.6) is 0 Å². The zero-order chi connectivity index (χ0) is 17.4. The van der Waals surface area contributed by atoms with Crippen molar-refractivity contribution in [1.82, 2.24) is 15.1 Å². The molecule has 0 spiro atoms. The third kappa shape index (κ3) is 3.59. The van der Waals surface area contributed by atoms with Gasteiger partial charge in [0.25, 0.3) is 5.91 Å². The topological polar surface area (TPSA) is 84.2 Å². The number of nitrogens with zero attached hydrogens (tertiary/aromatic N) is 2. The van der Waals surface area contributed by atoms with Crippen LogP contribution < -0.4 is 5.32 Å². The normalized spacial score (nSPS) is 11.3. The molecule has 1 aromatic carbocycles. The Balaban J connectivity index is 2.34. The number of amides is 1. The van der Waals surface area contributed by atoms with Crippen LogP contribution >= 0.6 is 0 Å². The predicted molar refractivity (Wildman–Crippen MR) is 87.0 cm³/mol. The van der Waals surface area contributed by atoms with Gasteiger partial charge in [-0.3, -0.25) is 4.79 Å². The number of aliphatic carboxylic acids is 1. The predicted octanol–water partition coefficient (Wildman–Crippen LogP) is 2.39. The summed E-state index contributed by atoms with van der Waals surface area (Å²) in [5.74, 6) is -1.61. The van der Waals surface area contributed by atoms with Gasteiger partial charge in [0.05, 0.1) is 5.69 Å². The molecule has 0 aliphatic rings. The molecule has 2 aromatic rings. The SMILES string of the molecule is Cc1cc(C)cc(-n2nc(C(=O)NC(C)(C)C(=O)O)cc2C)c1.